The summed E-state index contributed by atoms with van der Waals surface area (Å²) < 4.78 is 41.0. The number of hydrogen-bond acceptors (Lipinski definition) is 2. The number of carbonyl (C=O) groups excluding carboxylic acids is 1. The van der Waals surface area contributed by atoms with Crippen LogP contribution in [-0.2, 0) is 0 Å². The maximum Gasteiger partial charge on any atom is 0.261 e. The molecule has 27 heavy (non-hydrogen) atoms. The monoisotopic (exact) mass is 376 g/mol. The first-order chi connectivity index (χ1) is 12.9. The molecule has 6 heteroatoms. The lowest BCUT2D eigenvalue weighted by atomic mass is 9.97. The quantitative estimate of drug-likeness (QED) is 0.737. The van der Waals surface area contributed by atoms with Crippen LogP contribution in [0.1, 0.15) is 41.6 Å². The Kier molecular flexibility index (Phi) is 5.85. The third-order valence-electron chi connectivity index (χ3n) is 4.99. The van der Waals surface area contributed by atoms with E-state index in [9.17, 15) is 18.0 Å². The van der Waals surface area contributed by atoms with Gasteiger partial charge in [-0.05, 0) is 68.9 Å². The van der Waals surface area contributed by atoms with Crippen molar-refractivity contribution < 1.29 is 18.0 Å². The Morgan fingerprint density at radius 1 is 1.11 bits per heavy atom. The van der Waals surface area contributed by atoms with Gasteiger partial charge >= 0.3 is 0 Å². The van der Waals surface area contributed by atoms with E-state index in [1.165, 1.54) is 17.0 Å². The second-order valence-electron chi connectivity index (χ2n) is 7.03. The lowest BCUT2D eigenvalue weighted by Gasteiger charge is -2.20. The molecule has 1 unspecified atom stereocenters. The molecular weight excluding hydrogens is 353 g/mol. The average molecular weight is 376 g/mol. The summed E-state index contributed by atoms with van der Waals surface area (Å²) in [7, 11) is 2.03. The Bertz CT molecular complexity index is 840. The summed E-state index contributed by atoms with van der Waals surface area (Å²) in [6.45, 7) is 4.25. The third kappa shape index (κ3) is 4.16. The fraction of sp³-hybridized carbons (Fsp3) is 0.381. The topological polar surface area (TPSA) is 23.6 Å². The Balaban J connectivity index is 1.86. The Morgan fingerprint density at radius 2 is 1.81 bits per heavy atom. The minimum Gasteiger partial charge on any atom is -0.307 e. The van der Waals surface area contributed by atoms with Gasteiger partial charge in [-0.3, -0.25) is 4.79 Å². The average Bonchev–Trinajstić information content (AvgIpc) is 2.97. The highest BCUT2D eigenvalue weighted by Gasteiger charge is 2.34. The van der Waals surface area contributed by atoms with Gasteiger partial charge in [0.05, 0.1) is 5.56 Å². The molecule has 2 aromatic rings. The molecule has 144 valence electrons. The van der Waals surface area contributed by atoms with E-state index in [1.54, 1.807) is 6.07 Å². The summed E-state index contributed by atoms with van der Waals surface area (Å²) in [6.07, 6.45) is 1.81. The molecule has 0 aliphatic carbocycles. The van der Waals surface area contributed by atoms with Crippen LogP contribution in [0.5, 0.6) is 0 Å². The molecule has 0 fully saturated rings. The molecule has 0 saturated heterocycles. The van der Waals surface area contributed by atoms with E-state index in [-0.39, 0.29) is 17.3 Å². The number of carbonyl (C=O) groups is 1. The van der Waals surface area contributed by atoms with Gasteiger partial charge in [-0.1, -0.05) is 6.92 Å². The predicted octanol–water partition coefficient (Wildman–Crippen LogP) is 4.58. The van der Waals surface area contributed by atoms with E-state index in [0.29, 0.717) is 18.3 Å². The first-order valence-corrected chi connectivity index (χ1v) is 9.15. The summed E-state index contributed by atoms with van der Waals surface area (Å²) >= 11 is 0. The number of nitrogens with zero attached hydrogens (tertiary/aromatic N) is 2. The van der Waals surface area contributed by atoms with E-state index in [2.05, 4.69) is 11.8 Å². The highest BCUT2D eigenvalue weighted by Crippen LogP contribution is 2.39. The van der Waals surface area contributed by atoms with Gasteiger partial charge in [-0.2, -0.15) is 0 Å². The number of anilines is 1. The van der Waals surface area contributed by atoms with Crippen molar-refractivity contribution in [1.82, 2.24) is 4.90 Å². The number of fused-ring (bicyclic) bond motifs is 1. The normalized spacial score (nSPS) is 16.1. The number of halogens is 3. The van der Waals surface area contributed by atoms with Gasteiger partial charge in [0.15, 0.2) is 0 Å². The van der Waals surface area contributed by atoms with Crippen molar-refractivity contribution in [2.24, 2.45) is 0 Å². The molecule has 0 saturated carbocycles. The van der Waals surface area contributed by atoms with E-state index < -0.39 is 17.5 Å². The van der Waals surface area contributed by atoms with Crippen molar-refractivity contribution in [2.45, 2.75) is 25.7 Å². The SMILES string of the molecule is CCCN(C)CCC1CN(C(=O)c2ccc(F)cc2F)c2ccc(F)cc21. The maximum atomic E-state index is 14.1. The fourth-order valence-electron chi connectivity index (χ4n) is 3.63. The van der Waals surface area contributed by atoms with Gasteiger partial charge in [0.2, 0.25) is 0 Å². The Hall–Kier alpha value is -2.34. The summed E-state index contributed by atoms with van der Waals surface area (Å²) in [4.78, 5) is 16.5. The Labute approximate surface area is 157 Å². The van der Waals surface area contributed by atoms with Crippen LogP contribution in [0.3, 0.4) is 0 Å². The van der Waals surface area contributed by atoms with Crippen LogP contribution in [-0.4, -0.2) is 37.5 Å². The zero-order valence-electron chi connectivity index (χ0n) is 15.5. The van der Waals surface area contributed by atoms with Gasteiger partial charge in [0.25, 0.3) is 5.91 Å². The summed E-state index contributed by atoms with van der Waals surface area (Å²) in [5.74, 6) is -2.55. The van der Waals surface area contributed by atoms with Gasteiger partial charge in [-0.15, -0.1) is 0 Å². The van der Waals surface area contributed by atoms with Crippen molar-refractivity contribution in [3.8, 4) is 0 Å². The molecule has 0 bridgehead atoms. The largest absolute Gasteiger partial charge is 0.307 e. The summed E-state index contributed by atoms with van der Waals surface area (Å²) in [5, 5.41) is 0. The van der Waals surface area contributed by atoms with Crippen molar-refractivity contribution in [1.29, 1.82) is 0 Å². The number of rotatable bonds is 6. The van der Waals surface area contributed by atoms with Crippen molar-refractivity contribution >= 4 is 11.6 Å². The van der Waals surface area contributed by atoms with Crippen LogP contribution in [0.15, 0.2) is 36.4 Å². The van der Waals surface area contributed by atoms with Crippen LogP contribution in [0.25, 0.3) is 0 Å². The molecule has 1 aliphatic rings. The molecule has 1 atom stereocenters. The number of amides is 1. The van der Waals surface area contributed by atoms with Gasteiger partial charge in [-0.25, -0.2) is 13.2 Å². The van der Waals surface area contributed by atoms with Gasteiger partial charge in [0.1, 0.15) is 17.5 Å². The molecule has 0 spiro atoms. The number of benzene rings is 2. The molecule has 0 aromatic heterocycles. The van der Waals surface area contributed by atoms with E-state index in [1.807, 2.05) is 7.05 Å². The van der Waals surface area contributed by atoms with E-state index >= 15 is 0 Å². The third-order valence-corrected chi connectivity index (χ3v) is 4.99. The minimum atomic E-state index is -0.894. The van der Waals surface area contributed by atoms with Crippen LogP contribution >= 0.6 is 0 Å². The second-order valence-corrected chi connectivity index (χ2v) is 7.03. The van der Waals surface area contributed by atoms with E-state index in [4.69, 9.17) is 0 Å². The molecule has 1 aliphatic heterocycles. The molecule has 0 radical (unpaired) electrons. The first kappa shape index (κ1) is 19.4. The Morgan fingerprint density at radius 3 is 2.52 bits per heavy atom. The highest BCUT2D eigenvalue weighted by molar-refractivity contribution is 6.07. The molecule has 3 nitrogen and oxygen atoms in total. The van der Waals surface area contributed by atoms with E-state index in [0.717, 1.165) is 43.6 Å². The maximum absolute atomic E-state index is 14.1. The van der Waals surface area contributed by atoms with Gasteiger partial charge < -0.3 is 9.80 Å². The molecule has 2 aromatic carbocycles. The van der Waals surface area contributed by atoms with Crippen molar-refractivity contribution in [3.63, 3.8) is 0 Å². The minimum absolute atomic E-state index is 0.0255. The summed E-state index contributed by atoms with van der Waals surface area (Å²) in [5.41, 5.74) is 1.17. The fourth-order valence-corrected chi connectivity index (χ4v) is 3.63. The molecule has 1 heterocycles. The molecule has 3 rings (SSSR count). The highest BCUT2D eigenvalue weighted by atomic mass is 19.1. The molecule has 0 N–H and O–H groups in total. The van der Waals surface area contributed by atoms with Gasteiger partial charge in [0, 0.05) is 24.2 Å². The number of hydrogen-bond donors (Lipinski definition) is 0. The zero-order chi connectivity index (χ0) is 19.6. The van der Waals surface area contributed by atoms with Crippen molar-refractivity contribution in [2.75, 3.05) is 31.6 Å². The van der Waals surface area contributed by atoms with Crippen LogP contribution in [0.4, 0.5) is 18.9 Å². The lowest BCUT2D eigenvalue weighted by molar-refractivity contribution is 0.0984. The molecule has 1 amide bonds. The molecular formula is C21H23F3N2O. The second kappa shape index (κ2) is 8.13. The summed E-state index contributed by atoms with van der Waals surface area (Å²) in [6, 6.07) is 7.22. The first-order valence-electron chi connectivity index (χ1n) is 9.15. The standard InChI is InChI=1S/C21H23F3N2O/c1-3-9-25(2)10-8-14-13-26(20-7-5-15(22)11-18(14)20)21(27)17-6-4-16(23)12-19(17)24/h4-7,11-12,14H,3,8-10,13H2,1-2H3. The zero-order valence-corrected chi connectivity index (χ0v) is 15.5. The smallest absolute Gasteiger partial charge is 0.261 e. The van der Waals surface area contributed by atoms with Crippen molar-refractivity contribution in [3.05, 3.63) is 65.0 Å². The van der Waals surface area contributed by atoms with Crippen LogP contribution in [0, 0.1) is 17.5 Å². The predicted molar refractivity (Wildman–Crippen MR) is 99.6 cm³/mol. The van der Waals surface area contributed by atoms with Crippen LogP contribution in [0.2, 0.25) is 0 Å². The lowest BCUT2D eigenvalue weighted by Crippen LogP contribution is -2.31. The van der Waals surface area contributed by atoms with Crippen LogP contribution < -0.4 is 4.90 Å².